The first-order valence-corrected chi connectivity index (χ1v) is 13.9. The predicted octanol–water partition coefficient (Wildman–Crippen LogP) is 4.02. The SMILES string of the molecule is CC(C)(CO)c1ccccc1.[Cl][Zr]([Cl])[Cl]. The van der Waals surface area contributed by atoms with Gasteiger partial charge >= 0.3 is 43.7 Å². The van der Waals surface area contributed by atoms with Crippen LogP contribution in [-0.4, -0.2) is 11.7 Å². The number of aliphatic hydroxyl groups is 1. The third kappa shape index (κ3) is 7.77. The van der Waals surface area contributed by atoms with Crippen molar-refractivity contribution >= 4 is 25.5 Å². The second-order valence-electron chi connectivity index (χ2n) is 3.62. The van der Waals surface area contributed by atoms with Gasteiger partial charge in [0, 0.05) is 5.41 Å². The first kappa shape index (κ1) is 15.9. The Labute approximate surface area is 110 Å². The van der Waals surface area contributed by atoms with Gasteiger partial charge < -0.3 is 5.11 Å². The van der Waals surface area contributed by atoms with Crippen LogP contribution in [0.2, 0.25) is 0 Å². The number of aliphatic hydroxyl groups excluding tert-OH is 1. The van der Waals surface area contributed by atoms with Crippen molar-refractivity contribution in [3.8, 4) is 0 Å². The maximum absolute atomic E-state index is 9.05. The van der Waals surface area contributed by atoms with Crippen LogP contribution in [0.25, 0.3) is 0 Å². The minimum atomic E-state index is -2.13. The van der Waals surface area contributed by atoms with Crippen molar-refractivity contribution in [2.75, 3.05) is 6.61 Å². The molecule has 0 radical (unpaired) electrons. The fourth-order valence-corrected chi connectivity index (χ4v) is 0.981. The van der Waals surface area contributed by atoms with Gasteiger partial charge in [-0.3, -0.25) is 0 Å². The monoisotopic (exact) mass is 345 g/mol. The number of halogens is 3. The maximum atomic E-state index is 9.05. The summed E-state index contributed by atoms with van der Waals surface area (Å²) in [6.07, 6.45) is 0. The molecule has 0 unspecified atom stereocenters. The van der Waals surface area contributed by atoms with Gasteiger partial charge in [0.05, 0.1) is 6.61 Å². The van der Waals surface area contributed by atoms with Gasteiger partial charge in [0.15, 0.2) is 0 Å². The van der Waals surface area contributed by atoms with Crippen LogP contribution in [0.4, 0.5) is 0 Å². The van der Waals surface area contributed by atoms with E-state index in [-0.39, 0.29) is 12.0 Å². The van der Waals surface area contributed by atoms with Crippen molar-refractivity contribution in [3.63, 3.8) is 0 Å². The number of benzene rings is 1. The molecule has 0 atom stereocenters. The van der Waals surface area contributed by atoms with Crippen LogP contribution in [0.3, 0.4) is 0 Å². The van der Waals surface area contributed by atoms with Gasteiger partial charge in [0.1, 0.15) is 0 Å². The van der Waals surface area contributed by atoms with Gasteiger partial charge in [-0.15, -0.1) is 0 Å². The molecule has 0 heterocycles. The third-order valence-electron chi connectivity index (χ3n) is 1.95. The van der Waals surface area contributed by atoms with Gasteiger partial charge in [-0.2, -0.15) is 0 Å². The average Bonchev–Trinajstić information content (AvgIpc) is 2.18. The van der Waals surface area contributed by atoms with Gasteiger partial charge in [-0.1, -0.05) is 44.2 Å². The van der Waals surface area contributed by atoms with Crippen molar-refractivity contribution in [1.82, 2.24) is 0 Å². The molecule has 1 aromatic carbocycles. The minimum absolute atomic E-state index is 0.110. The fourth-order valence-electron chi connectivity index (χ4n) is 0.981. The molecule has 85 valence electrons. The standard InChI is InChI=1S/C10H14O.3ClH.Zr/c1-10(2,8-11)9-6-4-3-5-7-9;;;;/h3-7,11H,8H2,1-2H3;3*1H;/q;;;;+3/p-3. The Morgan fingerprint density at radius 1 is 1.13 bits per heavy atom. The summed E-state index contributed by atoms with van der Waals surface area (Å²) >= 11 is -2.13. The number of hydrogen-bond acceptors (Lipinski definition) is 1. The second-order valence-corrected chi connectivity index (χ2v) is 14.8. The predicted molar refractivity (Wildman–Crippen MR) is 64.1 cm³/mol. The molecule has 0 bridgehead atoms. The van der Waals surface area contributed by atoms with E-state index < -0.39 is 18.2 Å². The molecule has 1 rings (SSSR count). The molecule has 0 aromatic heterocycles. The van der Waals surface area contributed by atoms with Crippen molar-refractivity contribution in [1.29, 1.82) is 0 Å². The van der Waals surface area contributed by atoms with Gasteiger partial charge in [-0.05, 0) is 5.56 Å². The molecule has 0 aliphatic carbocycles. The van der Waals surface area contributed by atoms with E-state index in [2.05, 4.69) is 0 Å². The molecule has 5 heteroatoms. The Balaban J connectivity index is 0.000000423. The van der Waals surface area contributed by atoms with E-state index in [9.17, 15) is 0 Å². The van der Waals surface area contributed by atoms with Gasteiger partial charge in [0.25, 0.3) is 0 Å². The zero-order valence-electron chi connectivity index (χ0n) is 8.67. The van der Waals surface area contributed by atoms with Crippen LogP contribution in [0.15, 0.2) is 30.3 Å². The Kier molecular flexibility index (Phi) is 8.59. The van der Waals surface area contributed by atoms with Crippen LogP contribution in [0.5, 0.6) is 0 Å². The molecule has 0 saturated heterocycles. The molecule has 1 N–H and O–H groups in total. The van der Waals surface area contributed by atoms with E-state index in [0.717, 1.165) is 0 Å². The first-order valence-electron chi connectivity index (χ1n) is 4.40. The molecule has 1 aromatic rings. The molecule has 0 aliphatic heterocycles. The van der Waals surface area contributed by atoms with Gasteiger partial charge in [0.2, 0.25) is 0 Å². The molecule has 0 spiro atoms. The topological polar surface area (TPSA) is 20.2 Å². The van der Waals surface area contributed by atoms with E-state index in [1.165, 1.54) is 5.56 Å². The Hall–Kier alpha value is 0.933. The average molecular weight is 348 g/mol. The molecule has 0 aliphatic rings. The summed E-state index contributed by atoms with van der Waals surface area (Å²) in [5, 5.41) is 9.05. The zero-order chi connectivity index (χ0) is 11.9. The summed E-state index contributed by atoms with van der Waals surface area (Å²) in [7, 11) is 15.0. The Bertz CT molecular complexity index is 262. The molecule has 1 nitrogen and oxygen atoms in total. The molecule has 0 saturated carbocycles. The van der Waals surface area contributed by atoms with E-state index >= 15 is 0 Å². The van der Waals surface area contributed by atoms with Crippen LogP contribution in [0.1, 0.15) is 19.4 Å². The normalized spacial score (nSPS) is 10.3. The Morgan fingerprint density at radius 3 is 1.87 bits per heavy atom. The third-order valence-corrected chi connectivity index (χ3v) is 1.95. The van der Waals surface area contributed by atoms with Crippen molar-refractivity contribution < 1.29 is 23.3 Å². The molecule has 15 heavy (non-hydrogen) atoms. The number of hydrogen-bond donors (Lipinski definition) is 1. The van der Waals surface area contributed by atoms with E-state index in [0.29, 0.717) is 0 Å². The molecule has 0 amide bonds. The summed E-state index contributed by atoms with van der Waals surface area (Å²) in [6, 6.07) is 10.0. The van der Waals surface area contributed by atoms with E-state index in [1.54, 1.807) is 0 Å². The summed E-state index contributed by atoms with van der Waals surface area (Å²) in [5.41, 5.74) is 1.07. The molecular weight excluding hydrogens is 334 g/mol. The Morgan fingerprint density at radius 2 is 1.53 bits per heavy atom. The van der Waals surface area contributed by atoms with Crippen molar-refractivity contribution in [2.45, 2.75) is 19.3 Å². The fraction of sp³-hybridized carbons (Fsp3) is 0.400. The molecular formula is C10H14Cl3OZr. The molecule has 0 fully saturated rings. The van der Waals surface area contributed by atoms with Crippen LogP contribution in [0, 0.1) is 0 Å². The van der Waals surface area contributed by atoms with E-state index in [4.69, 9.17) is 30.6 Å². The second kappa shape index (κ2) is 8.09. The zero-order valence-corrected chi connectivity index (χ0v) is 13.4. The van der Waals surface area contributed by atoms with Crippen molar-refractivity contribution in [2.24, 2.45) is 0 Å². The summed E-state index contributed by atoms with van der Waals surface area (Å²) in [6.45, 7) is 4.25. The van der Waals surface area contributed by atoms with E-state index in [1.807, 2.05) is 44.2 Å². The summed E-state index contributed by atoms with van der Waals surface area (Å²) < 4.78 is 0. The van der Waals surface area contributed by atoms with Gasteiger partial charge in [-0.25, -0.2) is 0 Å². The summed E-state index contributed by atoms with van der Waals surface area (Å²) in [5.74, 6) is 0. The summed E-state index contributed by atoms with van der Waals surface area (Å²) in [4.78, 5) is 0. The van der Waals surface area contributed by atoms with Crippen LogP contribution < -0.4 is 0 Å². The van der Waals surface area contributed by atoms with Crippen LogP contribution >= 0.6 is 25.5 Å². The van der Waals surface area contributed by atoms with Crippen LogP contribution in [-0.2, 0) is 23.6 Å². The first-order chi connectivity index (χ1) is 6.90. The number of rotatable bonds is 2. The quantitative estimate of drug-likeness (QED) is 0.856. The van der Waals surface area contributed by atoms with Crippen molar-refractivity contribution in [3.05, 3.63) is 35.9 Å².